The number of likely N-dealkylation sites (tertiary alicyclic amines) is 1. The quantitative estimate of drug-likeness (QED) is 0.253. The summed E-state index contributed by atoms with van der Waals surface area (Å²) in [6.45, 7) is 14.1. The second-order valence-corrected chi connectivity index (χ2v) is 8.69. The van der Waals surface area contributed by atoms with Crippen molar-refractivity contribution in [3.63, 3.8) is 0 Å². The van der Waals surface area contributed by atoms with E-state index in [9.17, 15) is 9.59 Å². The molecule has 1 fully saturated rings. The molecular weight excluding hydrogens is 513 g/mol. The van der Waals surface area contributed by atoms with Crippen molar-refractivity contribution in [2.24, 2.45) is 4.99 Å². The van der Waals surface area contributed by atoms with Gasteiger partial charge in [-0.3, -0.25) is 4.99 Å². The number of piperidine rings is 1. The first kappa shape index (κ1) is 29.5. The molecule has 0 saturated carbocycles. The van der Waals surface area contributed by atoms with Crippen molar-refractivity contribution in [2.75, 3.05) is 33.3 Å². The van der Waals surface area contributed by atoms with E-state index in [1.165, 1.54) is 7.11 Å². The van der Waals surface area contributed by atoms with Crippen LogP contribution in [-0.4, -0.2) is 73.5 Å². The van der Waals surface area contributed by atoms with E-state index in [-0.39, 0.29) is 36.1 Å². The zero-order valence-electron chi connectivity index (χ0n) is 20.2. The second-order valence-electron chi connectivity index (χ2n) is 8.69. The number of hydrogen-bond acceptors (Lipinski definition) is 5. The Labute approximate surface area is 204 Å². The van der Waals surface area contributed by atoms with Crippen LogP contribution in [0, 0.1) is 0 Å². The highest BCUT2D eigenvalue weighted by Gasteiger charge is 2.31. The average Bonchev–Trinajstić information content (AvgIpc) is 2.69. The van der Waals surface area contributed by atoms with Crippen LogP contribution in [0.2, 0.25) is 0 Å². The Morgan fingerprint density at radius 2 is 1.68 bits per heavy atom. The highest BCUT2D eigenvalue weighted by atomic mass is 127. The fourth-order valence-electron chi connectivity index (χ4n) is 3.29. The largest absolute Gasteiger partial charge is 0.453 e. The van der Waals surface area contributed by atoms with Gasteiger partial charge in [-0.15, -0.1) is 24.0 Å². The second kappa shape index (κ2) is 13.8. The minimum absolute atomic E-state index is 0. The lowest BCUT2D eigenvalue weighted by atomic mass is 9.93. The van der Waals surface area contributed by atoms with Crippen molar-refractivity contribution in [1.29, 1.82) is 0 Å². The highest BCUT2D eigenvalue weighted by Crippen LogP contribution is 2.18. The molecule has 0 aromatic carbocycles. The van der Waals surface area contributed by atoms with E-state index in [1.807, 2.05) is 41.5 Å². The zero-order chi connectivity index (χ0) is 22.8. The lowest BCUT2D eigenvalue weighted by Crippen LogP contribution is -2.53. The third kappa shape index (κ3) is 10.6. The smallest absolute Gasteiger partial charge is 0.409 e. The molecule has 0 radical (unpaired) electrons. The van der Waals surface area contributed by atoms with E-state index in [0.29, 0.717) is 25.6 Å². The number of nitrogens with zero attached hydrogens (tertiary/aromatic N) is 2. The molecule has 1 heterocycles. The summed E-state index contributed by atoms with van der Waals surface area (Å²) in [4.78, 5) is 30.5. The molecule has 1 saturated heterocycles. The van der Waals surface area contributed by atoms with Crippen molar-refractivity contribution in [2.45, 2.75) is 84.4 Å². The predicted molar refractivity (Wildman–Crippen MR) is 134 cm³/mol. The molecule has 0 atom stereocenters. The van der Waals surface area contributed by atoms with Crippen molar-refractivity contribution >= 4 is 42.1 Å². The molecule has 0 aliphatic carbocycles. The van der Waals surface area contributed by atoms with E-state index >= 15 is 0 Å². The van der Waals surface area contributed by atoms with E-state index in [2.05, 4.69) is 16.0 Å². The lowest BCUT2D eigenvalue weighted by Gasteiger charge is -2.34. The first-order chi connectivity index (χ1) is 14.1. The summed E-state index contributed by atoms with van der Waals surface area (Å²) in [5, 5.41) is 9.77. The van der Waals surface area contributed by atoms with E-state index in [4.69, 9.17) is 14.5 Å². The number of amides is 2. The third-order valence-electron chi connectivity index (χ3n) is 5.27. The lowest BCUT2D eigenvalue weighted by molar-refractivity contribution is 0.0451. The van der Waals surface area contributed by atoms with Crippen molar-refractivity contribution < 1.29 is 19.1 Å². The first-order valence-corrected chi connectivity index (χ1v) is 11.0. The van der Waals surface area contributed by atoms with E-state index in [0.717, 1.165) is 32.2 Å². The Morgan fingerprint density at radius 1 is 1.10 bits per heavy atom. The molecule has 1 rings (SSSR count). The van der Waals surface area contributed by atoms with E-state index in [1.54, 1.807) is 4.90 Å². The molecular formula is C21H42IN5O4. The fourth-order valence-corrected chi connectivity index (χ4v) is 3.29. The molecule has 31 heavy (non-hydrogen) atoms. The monoisotopic (exact) mass is 555 g/mol. The molecule has 182 valence electrons. The Kier molecular flexibility index (Phi) is 13.2. The van der Waals surface area contributed by atoms with Crippen LogP contribution in [0.25, 0.3) is 0 Å². The van der Waals surface area contributed by atoms with Crippen LogP contribution < -0.4 is 16.0 Å². The molecule has 0 aromatic rings. The molecule has 1 aliphatic heterocycles. The molecule has 10 heteroatoms. The average molecular weight is 556 g/mol. The van der Waals surface area contributed by atoms with Crippen LogP contribution in [0.15, 0.2) is 4.99 Å². The summed E-state index contributed by atoms with van der Waals surface area (Å²) in [6.07, 6.45) is 2.42. The van der Waals surface area contributed by atoms with Gasteiger partial charge < -0.3 is 30.3 Å². The van der Waals surface area contributed by atoms with Gasteiger partial charge in [0.2, 0.25) is 0 Å². The van der Waals surface area contributed by atoms with Crippen LogP contribution >= 0.6 is 24.0 Å². The maximum Gasteiger partial charge on any atom is 0.409 e. The molecule has 1 aliphatic rings. The van der Waals surface area contributed by atoms with E-state index < -0.39 is 17.2 Å². The molecule has 9 nitrogen and oxygen atoms in total. The summed E-state index contributed by atoms with van der Waals surface area (Å²) in [5.74, 6) is 0.714. The number of halogens is 1. The molecule has 0 aromatic heterocycles. The summed E-state index contributed by atoms with van der Waals surface area (Å²) < 4.78 is 10.2. The number of hydrogen-bond donors (Lipinski definition) is 3. The molecule has 3 N–H and O–H groups in total. The van der Waals surface area contributed by atoms with Crippen LogP contribution in [0.3, 0.4) is 0 Å². The summed E-state index contributed by atoms with van der Waals surface area (Å²) in [7, 11) is 1.40. The van der Waals surface area contributed by atoms with Gasteiger partial charge >= 0.3 is 12.2 Å². The van der Waals surface area contributed by atoms with Gasteiger partial charge in [0, 0.05) is 25.7 Å². The summed E-state index contributed by atoms with van der Waals surface area (Å²) in [6, 6.07) is 0.222. The van der Waals surface area contributed by atoms with Gasteiger partial charge in [-0.05, 0) is 53.4 Å². The van der Waals surface area contributed by atoms with Gasteiger partial charge in [0.1, 0.15) is 5.60 Å². The summed E-state index contributed by atoms with van der Waals surface area (Å²) >= 11 is 0. The minimum Gasteiger partial charge on any atom is -0.453 e. The van der Waals surface area contributed by atoms with Gasteiger partial charge in [0.15, 0.2) is 5.96 Å². The predicted octanol–water partition coefficient (Wildman–Crippen LogP) is 3.47. The van der Waals surface area contributed by atoms with Crippen molar-refractivity contribution in [3.05, 3.63) is 0 Å². The number of alkyl carbamates (subject to hydrolysis) is 1. The number of carbonyl (C=O) groups is 2. The minimum atomic E-state index is -0.546. The van der Waals surface area contributed by atoms with Gasteiger partial charge in [-0.1, -0.05) is 13.8 Å². The van der Waals surface area contributed by atoms with Gasteiger partial charge in [-0.25, -0.2) is 9.59 Å². The summed E-state index contributed by atoms with van der Waals surface area (Å²) in [5.41, 5.74) is -1.02. The van der Waals surface area contributed by atoms with Crippen LogP contribution in [0.1, 0.15) is 67.2 Å². The van der Waals surface area contributed by atoms with Crippen LogP contribution in [0.5, 0.6) is 0 Å². The number of guanidine groups is 1. The van der Waals surface area contributed by atoms with Gasteiger partial charge in [0.05, 0.1) is 19.2 Å². The Hall–Kier alpha value is -1.46. The number of methoxy groups -OCH3 is 1. The number of ether oxygens (including phenoxy) is 2. The number of rotatable bonds is 7. The maximum atomic E-state index is 12.3. The number of carbonyl (C=O) groups excluding carboxylic acids is 2. The Bertz CT molecular complexity index is 583. The van der Waals surface area contributed by atoms with Crippen molar-refractivity contribution in [3.8, 4) is 0 Å². The normalized spacial score (nSPS) is 15.6. The van der Waals surface area contributed by atoms with Crippen LogP contribution in [0.4, 0.5) is 9.59 Å². The molecule has 0 bridgehead atoms. The van der Waals surface area contributed by atoms with Gasteiger partial charge in [0.25, 0.3) is 0 Å². The third-order valence-corrected chi connectivity index (χ3v) is 5.27. The molecule has 2 amide bonds. The fraction of sp³-hybridized carbons (Fsp3) is 0.857. The number of nitrogens with one attached hydrogen (secondary N) is 3. The molecule has 0 unspecified atom stereocenters. The Balaban J connectivity index is 0.00000900. The maximum absolute atomic E-state index is 12.3. The van der Waals surface area contributed by atoms with Crippen molar-refractivity contribution in [1.82, 2.24) is 20.9 Å². The van der Waals surface area contributed by atoms with Gasteiger partial charge in [-0.2, -0.15) is 0 Å². The van der Waals surface area contributed by atoms with Crippen LogP contribution in [-0.2, 0) is 9.47 Å². The zero-order valence-corrected chi connectivity index (χ0v) is 22.5. The SMILES string of the molecule is CCNC(=NCC(CC)(CC)NC(=O)OC(C)(C)C)NC1CCN(C(=O)OC)CC1.I. The number of aliphatic imine (C=N–C) groups is 1. The standard InChI is InChI=1S/C21H41N5O4.HI/c1-8-21(9-2,25-18(27)30-20(4,5)6)15-23-17(22-10-3)24-16-11-13-26(14-12-16)19(28)29-7;/h16H,8-15H2,1-7H3,(H,25,27)(H2,22,23,24);1H. The topological polar surface area (TPSA) is 104 Å². The highest BCUT2D eigenvalue weighted by molar-refractivity contribution is 14.0. The molecule has 0 spiro atoms. The first-order valence-electron chi connectivity index (χ1n) is 11.0. The Morgan fingerprint density at radius 3 is 2.13 bits per heavy atom.